The molecule has 0 aliphatic heterocycles. The smallest absolute Gasteiger partial charge is 0.414 e. The zero-order valence-corrected chi connectivity index (χ0v) is 14.3. The van der Waals surface area contributed by atoms with Crippen LogP contribution in [0.5, 0.6) is 11.5 Å². The van der Waals surface area contributed by atoms with E-state index in [0.29, 0.717) is 6.54 Å². The van der Waals surface area contributed by atoms with Crippen LogP contribution in [0, 0.1) is 6.92 Å². The quantitative estimate of drug-likeness (QED) is 0.714. The first-order valence-corrected chi connectivity index (χ1v) is 7.35. The number of ether oxygens (including phenoxy) is 2. The Hall–Kier alpha value is -3.22. The van der Waals surface area contributed by atoms with Crippen molar-refractivity contribution in [3.8, 4) is 11.5 Å². The second kappa shape index (κ2) is 9.82. The number of hydrogen-bond acceptors (Lipinski definition) is 5. The maximum Gasteiger partial charge on any atom is 0.414 e. The monoisotopic (exact) mass is 347 g/mol. The molecule has 0 bridgehead atoms. The number of carboxylic acid groups (broad SMARTS) is 2. The zero-order valence-electron chi connectivity index (χ0n) is 14.3. The highest BCUT2D eigenvalue weighted by atomic mass is 16.5. The first-order valence-electron chi connectivity index (χ1n) is 7.35. The van der Waals surface area contributed by atoms with Gasteiger partial charge in [-0.25, -0.2) is 9.59 Å². The lowest BCUT2D eigenvalue weighted by Crippen LogP contribution is -2.09. The minimum absolute atomic E-state index is 0.698. The Morgan fingerprint density at radius 1 is 1.00 bits per heavy atom. The van der Waals surface area contributed by atoms with Crippen molar-refractivity contribution >= 4 is 17.6 Å². The van der Waals surface area contributed by atoms with Crippen LogP contribution in [0.15, 0.2) is 42.5 Å². The number of benzene rings is 2. The molecular formula is C18H21NO6. The van der Waals surface area contributed by atoms with Gasteiger partial charge in [0.15, 0.2) is 0 Å². The SMILES string of the molecule is COc1ccc(OC)c(CNc2cccc(C)c2)c1.O=C(O)C(=O)O. The molecule has 3 N–H and O–H groups in total. The lowest BCUT2D eigenvalue weighted by molar-refractivity contribution is -0.159. The van der Waals surface area contributed by atoms with Gasteiger partial charge in [0.05, 0.1) is 14.2 Å². The molecule has 0 aliphatic rings. The number of nitrogens with one attached hydrogen (secondary N) is 1. The average molecular weight is 347 g/mol. The van der Waals surface area contributed by atoms with Crippen LogP contribution in [0.25, 0.3) is 0 Å². The molecule has 0 amide bonds. The van der Waals surface area contributed by atoms with Gasteiger partial charge in [0, 0.05) is 17.8 Å². The summed E-state index contributed by atoms with van der Waals surface area (Å²) in [5.41, 5.74) is 3.41. The van der Waals surface area contributed by atoms with Gasteiger partial charge in [0.25, 0.3) is 0 Å². The third kappa shape index (κ3) is 6.82. The molecule has 0 spiro atoms. The summed E-state index contributed by atoms with van der Waals surface area (Å²) in [6, 6.07) is 14.1. The highest BCUT2D eigenvalue weighted by Gasteiger charge is 2.05. The van der Waals surface area contributed by atoms with Crippen molar-refractivity contribution in [1.29, 1.82) is 0 Å². The fraction of sp³-hybridized carbons (Fsp3) is 0.222. The highest BCUT2D eigenvalue weighted by molar-refractivity contribution is 6.27. The van der Waals surface area contributed by atoms with Crippen LogP contribution < -0.4 is 14.8 Å². The molecule has 0 heterocycles. The van der Waals surface area contributed by atoms with Crippen molar-refractivity contribution in [2.24, 2.45) is 0 Å². The summed E-state index contributed by atoms with van der Waals surface area (Å²) < 4.78 is 10.6. The molecule has 0 saturated carbocycles. The van der Waals surface area contributed by atoms with Crippen LogP contribution in [0.2, 0.25) is 0 Å². The second-order valence-electron chi connectivity index (χ2n) is 5.01. The molecule has 7 heteroatoms. The van der Waals surface area contributed by atoms with Crippen LogP contribution in [-0.4, -0.2) is 36.4 Å². The van der Waals surface area contributed by atoms with E-state index in [1.165, 1.54) is 5.56 Å². The van der Waals surface area contributed by atoms with Gasteiger partial charge in [-0.2, -0.15) is 0 Å². The molecule has 0 unspecified atom stereocenters. The Labute approximate surface area is 145 Å². The van der Waals surface area contributed by atoms with Gasteiger partial charge >= 0.3 is 11.9 Å². The van der Waals surface area contributed by atoms with Crippen molar-refractivity contribution in [2.75, 3.05) is 19.5 Å². The van der Waals surface area contributed by atoms with Gasteiger partial charge in [-0.1, -0.05) is 12.1 Å². The standard InChI is InChI=1S/C16H19NO2.C2H2O4/c1-12-5-4-6-14(9-12)17-11-13-10-15(18-2)7-8-16(13)19-3;3-1(4)2(5)6/h4-10,17H,11H2,1-3H3;(H,3,4)(H,5,6). The summed E-state index contributed by atoms with van der Waals surface area (Å²) in [5, 5.41) is 18.2. The number of carboxylic acids is 2. The van der Waals surface area contributed by atoms with Crippen LogP contribution in [0.4, 0.5) is 5.69 Å². The number of rotatable bonds is 5. The molecule has 2 aromatic rings. The molecule has 0 aromatic heterocycles. The van der Waals surface area contributed by atoms with E-state index in [4.69, 9.17) is 29.3 Å². The van der Waals surface area contributed by atoms with E-state index in [2.05, 4.69) is 30.4 Å². The Bertz CT molecular complexity index is 717. The highest BCUT2D eigenvalue weighted by Crippen LogP contribution is 2.24. The number of carbonyl (C=O) groups is 2. The summed E-state index contributed by atoms with van der Waals surface area (Å²) in [6.45, 7) is 2.78. The van der Waals surface area contributed by atoms with E-state index in [1.807, 2.05) is 24.3 Å². The van der Waals surface area contributed by atoms with E-state index in [0.717, 1.165) is 22.7 Å². The van der Waals surface area contributed by atoms with Crippen LogP contribution >= 0.6 is 0 Å². The van der Waals surface area contributed by atoms with Gasteiger partial charge in [-0.05, 0) is 42.8 Å². The third-order valence-corrected chi connectivity index (χ3v) is 3.17. The van der Waals surface area contributed by atoms with Gasteiger partial charge in [0.2, 0.25) is 0 Å². The topological polar surface area (TPSA) is 105 Å². The minimum atomic E-state index is -1.82. The van der Waals surface area contributed by atoms with Crippen molar-refractivity contribution in [3.05, 3.63) is 53.6 Å². The summed E-state index contributed by atoms with van der Waals surface area (Å²) in [7, 11) is 3.34. The number of methoxy groups -OCH3 is 2. The predicted octanol–water partition coefficient (Wildman–Crippen LogP) is 2.78. The lowest BCUT2D eigenvalue weighted by Gasteiger charge is -2.12. The zero-order chi connectivity index (χ0) is 18.8. The molecule has 25 heavy (non-hydrogen) atoms. The summed E-state index contributed by atoms with van der Waals surface area (Å²) in [6.07, 6.45) is 0. The summed E-state index contributed by atoms with van der Waals surface area (Å²) in [5.74, 6) is -1.95. The van der Waals surface area contributed by atoms with Crippen LogP contribution in [0.3, 0.4) is 0 Å². The van der Waals surface area contributed by atoms with Crippen molar-refractivity contribution < 1.29 is 29.3 Å². The number of hydrogen-bond donors (Lipinski definition) is 3. The van der Waals surface area contributed by atoms with Crippen molar-refractivity contribution in [1.82, 2.24) is 0 Å². The molecule has 0 aliphatic carbocycles. The predicted molar refractivity (Wildman–Crippen MR) is 93.3 cm³/mol. The number of anilines is 1. The van der Waals surface area contributed by atoms with E-state index < -0.39 is 11.9 Å². The van der Waals surface area contributed by atoms with Crippen molar-refractivity contribution in [3.63, 3.8) is 0 Å². The van der Waals surface area contributed by atoms with Crippen LogP contribution in [0.1, 0.15) is 11.1 Å². The molecule has 2 aromatic carbocycles. The fourth-order valence-corrected chi connectivity index (χ4v) is 1.97. The summed E-state index contributed by atoms with van der Waals surface area (Å²) >= 11 is 0. The Kier molecular flexibility index (Phi) is 7.78. The molecule has 2 rings (SSSR count). The van der Waals surface area contributed by atoms with Gasteiger partial charge in [-0.15, -0.1) is 0 Å². The maximum atomic E-state index is 9.10. The van der Waals surface area contributed by atoms with E-state index in [9.17, 15) is 0 Å². The molecule has 7 nitrogen and oxygen atoms in total. The van der Waals surface area contributed by atoms with E-state index >= 15 is 0 Å². The lowest BCUT2D eigenvalue weighted by atomic mass is 10.1. The molecule has 0 saturated heterocycles. The van der Waals surface area contributed by atoms with Gasteiger partial charge in [-0.3, -0.25) is 0 Å². The summed E-state index contributed by atoms with van der Waals surface area (Å²) in [4.78, 5) is 18.2. The van der Waals surface area contributed by atoms with Crippen LogP contribution in [-0.2, 0) is 16.1 Å². The van der Waals surface area contributed by atoms with E-state index in [1.54, 1.807) is 14.2 Å². The molecular weight excluding hydrogens is 326 g/mol. The molecule has 0 fully saturated rings. The molecule has 0 atom stereocenters. The second-order valence-corrected chi connectivity index (χ2v) is 5.01. The minimum Gasteiger partial charge on any atom is -0.497 e. The van der Waals surface area contributed by atoms with Gasteiger partial charge < -0.3 is 25.0 Å². The fourth-order valence-electron chi connectivity index (χ4n) is 1.97. The first-order chi connectivity index (χ1) is 11.9. The van der Waals surface area contributed by atoms with Crippen molar-refractivity contribution in [2.45, 2.75) is 13.5 Å². The van der Waals surface area contributed by atoms with E-state index in [-0.39, 0.29) is 0 Å². The first kappa shape index (κ1) is 19.8. The normalized spacial score (nSPS) is 9.40. The third-order valence-electron chi connectivity index (χ3n) is 3.17. The maximum absolute atomic E-state index is 9.10. The largest absolute Gasteiger partial charge is 0.497 e. The Morgan fingerprint density at radius 2 is 1.68 bits per heavy atom. The number of aryl methyl sites for hydroxylation is 1. The Balaban J connectivity index is 0.000000450. The average Bonchev–Trinajstić information content (AvgIpc) is 2.60. The molecule has 0 radical (unpaired) electrons. The number of aliphatic carboxylic acids is 2. The van der Waals surface area contributed by atoms with Gasteiger partial charge in [0.1, 0.15) is 11.5 Å². The Morgan fingerprint density at radius 3 is 2.20 bits per heavy atom. The molecule has 134 valence electrons.